The largest absolute Gasteiger partial charge is 0.317 e. The lowest BCUT2D eigenvalue weighted by Crippen LogP contribution is -2.48. The molecule has 0 aliphatic carbocycles. The van der Waals surface area contributed by atoms with Crippen molar-refractivity contribution in [1.82, 2.24) is 5.32 Å². The lowest BCUT2D eigenvalue weighted by molar-refractivity contribution is -0.00191. The van der Waals surface area contributed by atoms with E-state index < -0.39 is 0 Å². The maximum Gasteiger partial charge on any atom is -0.00433 e. The molecule has 1 heteroatoms. The van der Waals surface area contributed by atoms with Gasteiger partial charge in [0, 0.05) is 0 Å². The molecule has 1 heterocycles. The average Bonchev–Trinajstić information content (AvgIpc) is 2.20. The molecule has 92 valence electrons. The zero-order valence-electron chi connectivity index (χ0n) is 11.9. The third-order valence-electron chi connectivity index (χ3n) is 4.09. The minimum Gasteiger partial charge on any atom is -0.317 e. The van der Waals surface area contributed by atoms with Gasteiger partial charge >= 0.3 is 0 Å². The van der Waals surface area contributed by atoms with Crippen LogP contribution in [-0.4, -0.2) is 13.1 Å². The van der Waals surface area contributed by atoms with E-state index in [0.29, 0.717) is 10.8 Å². The van der Waals surface area contributed by atoms with Crippen LogP contribution in [0.4, 0.5) is 0 Å². The van der Waals surface area contributed by atoms with Crippen molar-refractivity contribution in [3.63, 3.8) is 0 Å². The standard InChI is InChI=1S/C12H25N.C2H6/c1-10(2)12(11(3,4)5)6-8-13-9-7-12;1-2/h10,13H,6-9H2,1-5H3;1-2H3. The fourth-order valence-electron chi connectivity index (χ4n) is 3.07. The van der Waals surface area contributed by atoms with Gasteiger partial charge in [0.25, 0.3) is 0 Å². The number of hydrogen-bond donors (Lipinski definition) is 1. The van der Waals surface area contributed by atoms with E-state index in [9.17, 15) is 0 Å². The number of piperidine rings is 1. The Morgan fingerprint density at radius 1 is 1.00 bits per heavy atom. The van der Waals surface area contributed by atoms with Crippen molar-refractivity contribution in [1.29, 1.82) is 0 Å². The highest BCUT2D eigenvalue weighted by Crippen LogP contribution is 2.50. The van der Waals surface area contributed by atoms with Crippen LogP contribution in [0.3, 0.4) is 0 Å². The van der Waals surface area contributed by atoms with E-state index in [0.717, 1.165) is 5.92 Å². The van der Waals surface area contributed by atoms with E-state index >= 15 is 0 Å². The van der Waals surface area contributed by atoms with Gasteiger partial charge in [-0.05, 0) is 42.7 Å². The fraction of sp³-hybridized carbons (Fsp3) is 1.00. The van der Waals surface area contributed by atoms with Crippen molar-refractivity contribution in [3.05, 3.63) is 0 Å². The summed E-state index contributed by atoms with van der Waals surface area (Å²) in [6.07, 6.45) is 2.68. The molecule has 15 heavy (non-hydrogen) atoms. The minimum atomic E-state index is 0.448. The molecule has 0 radical (unpaired) electrons. The van der Waals surface area contributed by atoms with Crippen molar-refractivity contribution >= 4 is 0 Å². The Morgan fingerprint density at radius 2 is 1.40 bits per heavy atom. The Balaban J connectivity index is 0.000000921. The van der Waals surface area contributed by atoms with Gasteiger partial charge < -0.3 is 5.32 Å². The van der Waals surface area contributed by atoms with E-state index in [1.165, 1.54) is 25.9 Å². The normalized spacial score (nSPS) is 20.8. The van der Waals surface area contributed by atoms with Crippen LogP contribution >= 0.6 is 0 Å². The van der Waals surface area contributed by atoms with Crippen LogP contribution in [0, 0.1) is 16.7 Å². The highest BCUT2D eigenvalue weighted by atomic mass is 14.9. The lowest BCUT2D eigenvalue weighted by atomic mass is 9.56. The maximum atomic E-state index is 3.47. The topological polar surface area (TPSA) is 12.0 Å². The summed E-state index contributed by atoms with van der Waals surface area (Å²) in [6.45, 7) is 18.4. The average molecular weight is 213 g/mol. The van der Waals surface area contributed by atoms with Gasteiger partial charge in [0.15, 0.2) is 0 Å². The van der Waals surface area contributed by atoms with Crippen LogP contribution in [0.15, 0.2) is 0 Å². The van der Waals surface area contributed by atoms with Gasteiger partial charge in [-0.15, -0.1) is 0 Å². The minimum absolute atomic E-state index is 0.448. The molecule has 0 amide bonds. The number of hydrogen-bond acceptors (Lipinski definition) is 1. The second-order valence-corrected chi connectivity index (χ2v) is 5.81. The van der Waals surface area contributed by atoms with Crippen molar-refractivity contribution in [2.75, 3.05) is 13.1 Å². The van der Waals surface area contributed by atoms with Crippen LogP contribution in [0.25, 0.3) is 0 Å². The second-order valence-electron chi connectivity index (χ2n) is 5.81. The summed E-state index contributed by atoms with van der Waals surface area (Å²) in [4.78, 5) is 0. The third kappa shape index (κ3) is 3.21. The summed E-state index contributed by atoms with van der Waals surface area (Å²) in [5, 5.41) is 3.47. The van der Waals surface area contributed by atoms with Gasteiger partial charge in [-0.1, -0.05) is 48.5 Å². The molecule has 1 aliphatic rings. The van der Waals surface area contributed by atoms with Crippen molar-refractivity contribution in [3.8, 4) is 0 Å². The van der Waals surface area contributed by atoms with E-state index in [4.69, 9.17) is 0 Å². The monoisotopic (exact) mass is 213 g/mol. The van der Waals surface area contributed by atoms with E-state index in [2.05, 4.69) is 39.9 Å². The summed E-state index contributed by atoms with van der Waals surface area (Å²) in [6, 6.07) is 0. The quantitative estimate of drug-likeness (QED) is 0.692. The molecule has 0 bridgehead atoms. The van der Waals surface area contributed by atoms with Gasteiger partial charge in [-0.25, -0.2) is 0 Å². The highest BCUT2D eigenvalue weighted by Gasteiger charge is 2.44. The predicted octanol–water partition coefficient (Wildman–Crippen LogP) is 4.08. The van der Waals surface area contributed by atoms with E-state index in [1.54, 1.807) is 0 Å². The first-order valence-corrected chi connectivity index (χ1v) is 6.61. The molecular weight excluding hydrogens is 182 g/mol. The van der Waals surface area contributed by atoms with Gasteiger partial charge in [-0.2, -0.15) is 0 Å². The first kappa shape index (κ1) is 15.0. The summed E-state index contributed by atoms with van der Waals surface area (Å²) in [7, 11) is 0. The molecule has 1 rings (SSSR count). The lowest BCUT2D eigenvalue weighted by Gasteiger charge is -2.51. The van der Waals surface area contributed by atoms with Gasteiger partial charge in [-0.3, -0.25) is 0 Å². The summed E-state index contributed by atoms with van der Waals surface area (Å²) in [5.41, 5.74) is 1.00. The van der Waals surface area contributed by atoms with E-state index in [-0.39, 0.29) is 0 Å². The first-order chi connectivity index (χ1) is 6.90. The summed E-state index contributed by atoms with van der Waals surface area (Å²) in [5.74, 6) is 0.801. The second kappa shape index (κ2) is 5.89. The van der Waals surface area contributed by atoms with Gasteiger partial charge in [0.2, 0.25) is 0 Å². The van der Waals surface area contributed by atoms with Crippen LogP contribution in [0.1, 0.15) is 61.3 Å². The zero-order valence-corrected chi connectivity index (χ0v) is 11.9. The molecule has 0 saturated carbocycles. The smallest absolute Gasteiger partial charge is 0.00433 e. The van der Waals surface area contributed by atoms with E-state index in [1.807, 2.05) is 13.8 Å². The third-order valence-corrected chi connectivity index (χ3v) is 4.09. The molecule has 0 aromatic carbocycles. The molecular formula is C14H31N. The molecule has 1 aliphatic heterocycles. The number of rotatable bonds is 1. The molecule has 1 N–H and O–H groups in total. The van der Waals surface area contributed by atoms with Crippen LogP contribution in [0.5, 0.6) is 0 Å². The van der Waals surface area contributed by atoms with Crippen LogP contribution in [0.2, 0.25) is 0 Å². The SMILES string of the molecule is CC.CC(C)C1(C(C)(C)C)CCNCC1. The Hall–Kier alpha value is -0.0400. The summed E-state index contributed by atoms with van der Waals surface area (Å²) < 4.78 is 0. The van der Waals surface area contributed by atoms with Crippen molar-refractivity contribution < 1.29 is 0 Å². The first-order valence-electron chi connectivity index (χ1n) is 6.61. The Labute approximate surface area is 97.0 Å². The molecule has 0 aromatic heterocycles. The highest BCUT2D eigenvalue weighted by molar-refractivity contribution is 4.95. The van der Waals surface area contributed by atoms with Crippen molar-refractivity contribution in [2.24, 2.45) is 16.7 Å². The molecule has 0 atom stereocenters. The fourth-order valence-corrected chi connectivity index (χ4v) is 3.07. The predicted molar refractivity (Wildman–Crippen MR) is 70.2 cm³/mol. The van der Waals surface area contributed by atoms with Crippen molar-refractivity contribution in [2.45, 2.75) is 61.3 Å². The molecule has 0 aromatic rings. The molecule has 1 saturated heterocycles. The Kier molecular flexibility index (Phi) is 5.87. The zero-order chi connectivity index (χ0) is 12.1. The van der Waals surface area contributed by atoms with Gasteiger partial charge in [0.05, 0.1) is 0 Å². The molecule has 0 unspecified atom stereocenters. The molecule has 0 spiro atoms. The molecule has 1 nitrogen and oxygen atoms in total. The molecule has 1 fully saturated rings. The number of nitrogens with one attached hydrogen (secondary N) is 1. The van der Waals surface area contributed by atoms with Crippen LogP contribution in [-0.2, 0) is 0 Å². The Bertz CT molecular complexity index is 159. The van der Waals surface area contributed by atoms with Crippen LogP contribution < -0.4 is 5.32 Å². The maximum absolute atomic E-state index is 3.47. The summed E-state index contributed by atoms with van der Waals surface area (Å²) >= 11 is 0. The Morgan fingerprint density at radius 3 is 1.60 bits per heavy atom. The van der Waals surface area contributed by atoms with Gasteiger partial charge in [0.1, 0.15) is 0 Å².